The van der Waals surface area contributed by atoms with E-state index in [0.717, 1.165) is 12.1 Å². The van der Waals surface area contributed by atoms with Crippen LogP contribution in [0.3, 0.4) is 0 Å². The Morgan fingerprint density at radius 1 is 0.750 bits per heavy atom. The average molecular weight is 433 g/mol. The van der Waals surface area contributed by atoms with E-state index in [9.17, 15) is 29.6 Å². The van der Waals surface area contributed by atoms with Crippen LogP contribution in [0.15, 0.2) is 46.0 Å². The first-order chi connectivity index (χ1) is 12.9. The van der Waals surface area contributed by atoms with Crippen LogP contribution in [0, 0.1) is 0 Å². The standard InChI is InChI=1S/C16H19N5O6.Fe/c22-13-5-1-3-11(20(13)26)15(24)18-9-7-17-8-10-19-16(25)12-4-2-6-14(23)21(12)27;/h1-6,17,26-27H,7-10H2,(H,18,24)(H,19,25);. The average Bonchev–Trinajstić information content (AvgIpc) is 2.65. The summed E-state index contributed by atoms with van der Waals surface area (Å²) in [4.78, 5) is 46.2. The van der Waals surface area contributed by atoms with Crippen LogP contribution in [-0.2, 0) is 17.1 Å². The van der Waals surface area contributed by atoms with E-state index in [0.29, 0.717) is 13.1 Å². The Labute approximate surface area is 169 Å². The fourth-order valence-corrected chi connectivity index (χ4v) is 2.14. The second-order valence-corrected chi connectivity index (χ2v) is 5.38. The van der Waals surface area contributed by atoms with Gasteiger partial charge in [-0.1, -0.05) is 12.1 Å². The Morgan fingerprint density at radius 2 is 1.14 bits per heavy atom. The second-order valence-electron chi connectivity index (χ2n) is 5.38. The van der Waals surface area contributed by atoms with Gasteiger partial charge in [-0.2, -0.15) is 0 Å². The summed E-state index contributed by atoms with van der Waals surface area (Å²) >= 11 is 0. The molecular weight excluding hydrogens is 414 g/mol. The monoisotopic (exact) mass is 433 g/mol. The summed E-state index contributed by atoms with van der Waals surface area (Å²) in [6.45, 7) is 1.20. The van der Waals surface area contributed by atoms with Gasteiger partial charge in [0.1, 0.15) is 11.4 Å². The molecule has 0 aromatic carbocycles. The number of carbonyl (C=O) groups is 2. The molecule has 152 valence electrons. The van der Waals surface area contributed by atoms with E-state index in [2.05, 4.69) is 16.0 Å². The summed E-state index contributed by atoms with van der Waals surface area (Å²) in [7, 11) is 0. The van der Waals surface area contributed by atoms with Gasteiger partial charge in [0.2, 0.25) is 0 Å². The third-order valence-electron chi connectivity index (χ3n) is 3.50. The van der Waals surface area contributed by atoms with Gasteiger partial charge < -0.3 is 26.4 Å². The summed E-state index contributed by atoms with van der Waals surface area (Å²) in [5.74, 6) is -1.20. The zero-order chi connectivity index (χ0) is 19.8. The largest absolute Gasteiger partial charge is 0.425 e. The quantitative estimate of drug-likeness (QED) is 0.188. The topological polar surface area (TPSA) is 155 Å². The number of aromatic nitrogens is 2. The Balaban J connectivity index is 0.00000392. The molecule has 2 amide bonds. The predicted octanol–water partition coefficient (Wildman–Crippen LogP) is -1.77. The molecule has 2 aromatic heterocycles. The molecule has 0 spiro atoms. The molecule has 12 heteroatoms. The molecule has 5 N–H and O–H groups in total. The Morgan fingerprint density at radius 3 is 1.54 bits per heavy atom. The van der Waals surface area contributed by atoms with E-state index in [1.807, 2.05) is 0 Å². The molecule has 2 heterocycles. The number of hydrogen-bond donors (Lipinski definition) is 5. The minimum absolute atomic E-state index is 0. The Kier molecular flexibility index (Phi) is 8.96. The third kappa shape index (κ3) is 5.98. The van der Waals surface area contributed by atoms with E-state index in [-0.39, 0.29) is 51.0 Å². The van der Waals surface area contributed by atoms with Gasteiger partial charge in [0.05, 0.1) is 0 Å². The fourth-order valence-electron chi connectivity index (χ4n) is 2.14. The van der Waals surface area contributed by atoms with Crippen molar-refractivity contribution in [2.24, 2.45) is 0 Å². The smallest absolute Gasteiger partial charge is 0.283 e. The van der Waals surface area contributed by atoms with Crippen LogP contribution in [0.5, 0.6) is 0 Å². The Hall–Kier alpha value is -3.08. The Bertz CT molecular complexity index is 866. The van der Waals surface area contributed by atoms with Gasteiger partial charge in [0.25, 0.3) is 22.9 Å². The van der Waals surface area contributed by atoms with Crippen LogP contribution < -0.4 is 27.1 Å². The molecule has 0 aliphatic carbocycles. The van der Waals surface area contributed by atoms with Crippen molar-refractivity contribution in [3.63, 3.8) is 0 Å². The minimum Gasteiger partial charge on any atom is -0.425 e. The number of rotatable bonds is 8. The van der Waals surface area contributed by atoms with Crippen LogP contribution in [0.4, 0.5) is 0 Å². The first kappa shape index (κ1) is 23.0. The second kappa shape index (κ2) is 10.9. The molecule has 0 aliphatic rings. The van der Waals surface area contributed by atoms with Gasteiger partial charge in [-0.15, -0.1) is 9.46 Å². The number of nitrogens with one attached hydrogen (secondary N) is 3. The molecule has 0 unspecified atom stereocenters. The fraction of sp³-hybridized carbons (Fsp3) is 0.250. The van der Waals surface area contributed by atoms with Gasteiger partial charge >= 0.3 is 0 Å². The van der Waals surface area contributed by atoms with E-state index >= 15 is 0 Å². The normalized spacial score (nSPS) is 10.0. The summed E-state index contributed by atoms with van der Waals surface area (Å²) in [6, 6.07) is 7.59. The van der Waals surface area contributed by atoms with Gasteiger partial charge in [0.15, 0.2) is 0 Å². The molecule has 0 aliphatic heterocycles. The van der Waals surface area contributed by atoms with Crippen molar-refractivity contribution < 1.29 is 37.1 Å². The molecule has 2 aromatic rings. The molecule has 0 bridgehead atoms. The number of carbonyl (C=O) groups excluding carboxylic acids is 2. The van der Waals surface area contributed by atoms with Crippen LogP contribution in [0.25, 0.3) is 0 Å². The maximum absolute atomic E-state index is 11.8. The predicted molar refractivity (Wildman–Crippen MR) is 93.3 cm³/mol. The number of pyridine rings is 2. The summed E-state index contributed by atoms with van der Waals surface area (Å²) in [5.41, 5.74) is -1.76. The van der Waals surface area contributed by atoms with Gasteiger partial charge in [-0.25, -0.2) is 0 Å². The zero-order valence-electron chi connectivity index (χ0n) is 14.6. The maximum Gasteiger partial charge on any atom is 0.283 e. The maximum atomic E-state index is 11.8. The number of nitrogens with zero attached hydrogens (tertiary/aromatic N) is 2. The van der Waals surface area contributed by atoms with E-state index in [4.69, 9.17) is 0 Å². The van der Waals surface area contributed by atoms with Crippen LogP contribution in [0.2, 0.25) is 0 Å². The molecule has 0 radical (unpaired) electrons. The van der Waals surface area contributed by atoms with Gasteiger partial charge in [-0.3, -0.25) is 19.2 Å². The molecule has 0 fully saturated rings. The van der Waals surface area contributed by atoms with E-state index < -0.39 is 22.9 Å². The van der Waals surface area contributed by atoms with Crippen molar-refractivity contribution in [1.29, 1.82) is 0 Å². The van der Waals surface area contributed by atoms with Crippen molar-refractivity contribution in [3.8, 4) is 0 Å². The summed E-state index contributed by atoms with van der Waals surface area (Å²) < 4.78 is 0.533. The van der Waals surface area contributed by atoms with Crippen LogP contribution in [-0.4, -0.2) is 57.9 Å². The first-order valence-electron chi connectivity index (χ1n) is 8.01. The molecule has 0 saturated heterocycles. The van der Waals surface area contributed by atoms with E-state index in [1.54, 1.807) is 0 Å². The van der Waals surface area contributed by atoms with Crippen LogP contribution >= 0.6 is 0 Å². The van der Waals surface area contributed by atoms with Crippen molar-refractivity contribution in [2.45, 2.75) is 0 Å². The van der Waals surface area contributed by atoms with Gasteiger partial charge in [0, 0.05) is 55.4 Å². The molecule has 2 rings (SSSR count). The van der Waals surface area contributed by atoms with E-state index in [1.165, 1.54) is 24.3 Å². The third-order valence-corrected chi connectivity index (χ3v) is 3.50. The summed E-state index contributed by atoms with van der Waals surface area (Å²) in [6.07, 6.45) is 0. The molecule has 28 heavy (non-hydrogen) atoms. The number of amides is 2. The molecule has 0 saturated carbocycles. The van der Waals surface area contributed by atoms with Crippen LogP contribution in [0.1, 0.15) is 21.0 Å². The van der Waals surface area contributed by atoms with Crippen molar-refractivity contribution >= 4 is 11.8 Å². The zero-order valence-corrected chi connectivity index (χ0v) is 15.7. The number of hydrogen-bond acceptors (Lipinski definition) is 7. The molecular formula is C16H19FeN5O6. The van der Waals surface area contributed by atoms with Crippen molar-refractivity contribution in [2.75, 3.05) is 26.2 Å². The first-order valence-corrected chi connectivity index (χ1v) is 8.01. The SMILES string of the molecule is O=C(NCCNCCNC(=O)c1cccc(=O)n1O)c1cccc(=O)n1O.[Fe]. The minimum atomic E-state index is -0.705. The van der Waals surface area contributed by atoms with Crippen molar-refractivity contribution in [3.05, 3.63) is 68.5 Å². The van der Waals surface area contributed by atoms with Gasteiger partial charge in [-0.05, 0) is 12.1 Å². The molecule has 0 atom stereocenters. The molecule has 11 nitrogen and oxygen atoms in total. The summed E-state index contributed by atoms with van der Waals surface area (Å²) in [5, 5.41) is 27.0. The van der Waals surface area contributed by atoms with Crippen molar-refractivity contribution in [1.82, 2.24) is 25.4 Å².